The number of benzene rings is 1. The summed E-state index contributed by atoms with van der Waals surface area (Å²) in [6, 6.07) is 7.36. The smallest absolute Gasteiger partial charge is 0.255 e. The molecule has 0 aliphatic heterocycles. The molecule has 4 nitrogen and oxygen atoms in total. The monoisotopic (exact) mass is 381 g/mol. The zero-order valence-electron chi connectivity index (χ0n) is 13.0. The second-order valence-electron chi connectivity index (χ2n) is 5.95. The Hall–Kier alpha value is -1.99. The molecule has 130 valence electrons. The van der Waals surface area contributed by atoms with Gasteiger partial charge in [-0.2, -0.15) is 11.3 Å². The molecule has 0 amide bonds. The molecule has 0 saturated heterocycles. The van der Waals surface area contributed by atoms with E-state index in [0.717, 1.165) is 10.9 Å². The van der Waals surface area contributed by atoms with E-state index in [9.17, 15) is 8.78 Å². The Balaban J connectivity index is 1.59. The first kappa shape index (κ1) is 16.5. The van der Waals surface area contributed by atoms with Gasteiger partial charge >= 0.3 is 0 Å². The van der Waals surface area contributed by atoms with Crippen molar-refractivity contribution in [3.63, 3.8) is 0 Å². The third-order valence-corrected chi connectivity index (χ3v) is 5.00. The third-order valence-electron chi connectivity index (χ3n) is 4.10. The highest BCUT2D eigenvalue weighted by molar-refractivity contribution is 7.07. The first-order chi connectivity index (χ1) is 12.0. The number of anilines is 1. The minimum atomic E-state index is -2.61. The molecule has 1 fully saturated rings. The fourth-order valence-electron chi connectivity index (χ4n) is 2.57. The maximum Gasteiger partial charge on any atom is 0.255 e. The zero-order valence-corrected chi connectivity index (χ0v) is 14.6. The quantitative estimate of drug-likeness (QED) is 0.611. The summed E-state index contributed by atoms with van der Waals surface area (Å²) in [5.41, 5.74) is 1.65. The lowest BCUT2D eigenvalue weighted by atomic mass is 10.2. The van der Waals surface area contributed by atoms with Crippen LogP contribution >= 0.6 is 22.9 Å². The molecule has 0 bridgehead atoms. The van der Waals surface area contributed by atoms with Gasteiger partial charge in [-0.05, 0) is 46.1 Å². The molecule has 3 aromatic rings. The first-order valence-corrected chi connectivity index (χ1v) is 9.07. The minimum absolute atomic E-state index is 0.0363. The van der Waals surface area contributed by atoms with E-state index in [1.807, 2.05) is 22.9 Å². The molecule has 0 spiro atoms. The molecular formula is C17H14ClF2N3OS. The van der Waals surface area contributed by atoms with Crippen molar-refractivity contribution in [1.82, 2.24) is 9.97 Å². The SMILES string of the molecule is FC1(F)CC1COc1cccc2c(NCc3ccsc3)nc(Cl)nc12. The number of ether oxygens (including phenoxy) is 1. The van der Waals surface area contributed by atoms with E-state index in [2.05, 4.69) is 15.3 Å². The summed E-state index contributed by atoms with van der Waals surface area (Å²) < 4.78 is 31.7. The van der Waals surface area contributed by atoms with Gasteiger partial charge in [-0.3, -0.25) is 0 Å². The number of thiophene rings is 1. The molecular weight excluding hydrogens is 368 g/mol. The molecule has 1 aliphatic carbocycles. The zero-order chi connectivity index (χ0) is 17.4. The van der Waals surface area contributed by atoms with E-state index in [-0.39, 0.29) is 18.3 Å². The third kappa shape index (κ3) is 3.52. The highest BCUT2D eigenvalue weighted by Gasteiger charge is 2.57. The number of aromatic nitrogens is 2. The van der Waals surface area contributed by atoms with Crippen LogP contribution in [0.15, 0.2) is 35.0 Å². The molecule has 4 rings (SSSR count). The Morgan fingerprint density at radius 1 is 1.32 bits per heavy atom. The molecule has 1 unspecified atom stereocenters. The van der Waals surface area contributed by atoms with Gasteiger partial charge in [0.2, 0.25) is 5.28 Å². The number of para-hydroxylation sites is 1. The average molecular weight is 382 g/mol. The predicted octanol–water partition coefficient (Wildman–Crippen LogP) is 4.99. The largest absolute Gasteiger partial charge is 0.491 e. The van der Waals surface area contributed by atoms with Crippen molar-refractivity contribution >= 4 is 39.7 Å². The Bertz CT molecular complexity index is 904. The van der Waals surface area contributed by atoms with Crippen LogP contribution in [0.25, 0.3) is 10.9 Å². The van der Waals surface area contributed by atoms with Crippen molar-refractivity contribution in [3.05, 3.63) is 45.9 Å². The molecule has 1 N–H and O–H groups in total. The van der Waals surface area contributed by atoms with Crippen LogP contribution in [-0.4, -0.2) is 22.5 Å². The van der Waals surface area contributed by atoms with Crippen molar-refractivity contribution in [1.29, 1.82) is 0 Å². The van der Waals surface area contributed by atoms with Crippen molar-refractivity contribution in [2.75, 3.05) is 11.9 Å². The van der Waals surface area contributed by atoms with Gasteiger partial charge in [-0.1, -0.05) is 6.07 Å². The number of nitrogens with one attached hydrogen (secondary N) is 1. The lowest BCUT2D eigenvalue weighted by Gasteiger charge is -2.12. The Morgan fingerprint density at radius 3 is 2.88 bits per heavy atom. The number of fused-ring (bicyclic) bond motifs is 1. The van der Waals surface area contributed by atoms with Gasteiger partial charge in [-0.25, -0.2) is 18.7 Å². The van der Waals surface area contributed by atoms with Crippen molar-refractivity contribution in [2.24, 2.45) is 5.92 Å². The average Bonchev–Trinajstić information content (AvgIpc) is 2.98. The van der Waals surface area contributed by atoms with Crippen molar-refractivity contribution < 1.29 is 13.5 Å². The van der Waals surface area contributed by atoms with Gasteiger partial charge in [0.05, 0.1) is 12.5 Å². The second kappa shape index (κ2) is 6.38. The van der Waals surface area contributed by atoms with Crippen LogP contribution in [0.2, 0.25) is 5.28 Å². The van der Waals surface area contributed by atoms with E-state index >= 15 is 0 Å². The van der Waals surface area contributed by atoms with Gasteiger partial charge in [0, 0.05) is 18.4 Å². The van der Waals surface area contributed by atoms with Crippen LogP contribution in [0.4, 0.5) is 14.6 Å². The highest BCUT2D eigenvalue weighted by atomic mass is 35.5. The Kier molecular flexibility index (Phi) is 4.21. The number of hydrogen-bond donors (Lipinski definition) is 1. The van der Waals surface area contributed by atoms with E-state index in [1.54, 1.807) is 23.5 Å². The molecule has 1 aliphatic rings. The minimum Gasteiger partial charge on any atom is -0.491 e. The van der Waals surface area contributed by atoms with Crippen LogP contribution < -0.4 is 10.1 Å². The lowest BCUT2D eigenvalue weighted by Crippen LogP contribution is -2.07. The fraction of sp³-hybridized carbons (Fsp3) is 0.294. The molecule has 2 heterocycles. The summed E-state index contributed by atoms with van der Waals surface area (Å²) >= 11 is 7.66. The van der Waals surface area contributed by atoms with E-state index in [1.165, 1.54) is 0 Å². The first-order valence-electron chi connectivity index (χ1n) is 7.75. The number of nitrogens with zero attached hydrogens (tertiary/aromatic N) is 2. The summed E-state index contributed by atoms with van der Waals surface area (Å²) in [4.78, 5) is 8.46. The maximum atomic E-state index is 13.0. The summed E-state index contributed by atoms with van der Waals surface area (Å²) in [7, 11) is 0. The van der Waals surface area contributed by atoms with Crippen LogP contribution in [0.1, 0.15) is 12.0 Å². The summed E-state index contributed by atoms with van der Waals surface area (Å²) in [6.07, 6.45) is -0.124. The van der Waals surface area contributed by atoms with Gasteiger partial charge in [-0.15, -0.1) is 0 Å². The van der Waals surface area contributed by atoms with Crippen LogP contribution in [0.5, 0.6) is 5.75 Å². The summed E-state index contributed by atoms with van der Waals surface area (Å²) in [6.45, 7) is 0.566. The van der Waals surface area contributed by atoms with Crippen molar-refractivity contribution in [2.45, 2.75) is 18.9 Å². The molecule has 8 heteroatoms. The molecule has 2 aromatic heterocycles. The van der Waals surface area contributed by atoms with Crippen LogP contribution in [0, 0.1) is 5.92 Å². The Labute approximate surface area is 151 Å². The summed E-state index contributed by atoms with van der Waals surface area (Å²) in [5.74, 6) is -2.31. The maximum absolute atomic E-state index is 13.0. The van der Waals surface area contributed by atoms with Gasteiger partial charge in [0.15, 0.2) is 0 Å². The molecule has 1 saturated carbocycles. The normalized spacial score (nSPS) is 18.3. The van der Waals surface area contributed by atoms with E-state index in [0.29, 0.717) is 23.6 Å². The van der Waals surface area contributed by atoms with Crippen LogP contribution in [-0.2, 0) is 6.54 Å². The van der Waals surface area contributed by atoms with Crippen LogP contribution in [0.3, 0.4) is 0 Å². The number of hydrogen-bond acceptors (Lipinski definition) is 5. The van der Waals surface area contributed by atoms with Gasteiger partial charge < -0.3 is 10.1 Å². The predicted molar refractivity (Wildman–Crippen MR) is 94.7 cm³/mol. The number of rotatable bonds is 6. The fourth-order valence-corrected chi connectivity index (χ4v) is 3.41. The Morgan fingerprint density at radius 2 is 2.16 bits per heavy atom. The lowest BCUT2D eigenvalue weighted by molar-refractivity contribution is 0.0858. The van der Waals surface area contributed by atoms with Gasteiger partial charge in [0.1, 0.15) is 17.1 Å². The number of alkyl halides is 2. The van der Waals surface area contributed by atoms with E-state index < -0.39 is 11.8 Å². The molecule has 25 heavy (non-hydrogen) atoms. The van der Waals surface area contributed by atoms with Gasteiger partial charge in [0.25, 0.3) is 5.92 Å². The topological polar surface area (TPSA) is 47.0 Å². The molecule has 1 aromatic carbocycles. The molecule has 1 atom stereocenters. The summed E-state index contributed by atoms with van der Waals surface area (Å²) in [5, 5.41) is 8.10. The highest BCUT2D eigenvalue weighted by Crippen LogP contribution is 2.48. The van der Waals surface area contributed by atoms with E-state index in [4.69, 9.17) is 16.3 Å². The molecule has 0 radical (unpaired) electrons. The van der Waals surface area contributed by atoms with Crippen molar-refractivity contribution in [3.8, 4) is 5.75 Å². The second-order valence-corrected chi connectivity index (χ2v) is 7.07. The number of halogens is 3. The standard InChI is InChI=1S/C17H14ClF2N3OS/c18-16-22-14-12(15(23-16)21-7-10-4-5-25-9-10)2-1-3-13(14)24-8-11-6-17(11,19)20/h1-5,9,11H,6-8H2,(H,21,22,23).